The van der Waals surface area contributed by atoms with Crippen LogP contribution in [-0.4, -0.2) is 16.5 Å². The van der Waals surface area contributed by atoms with E-state index in [4.69, 9.17) is 11.6 Å². The summed E-state index contributed by atoms with van der Waals surface area (Å²) in [6.07, 6.45) is 2.16. The summed E-state index contributed by atoms with van der Waals surface area (Å²) >= 11 is 6.25. The van der Waals surface area contributed by atoms with Gasteiger partial charge >= 0.3 is 0 Å². The van der Waals surface area contributed by atoms with Gasteiger partial charge in [-0.3, -0.25) is 4.79 Å². The van der Waals surface area contributed by atoms with Gasteiger partial charge < -0.3 is 5.32 Å². The molecule has 5 heteroatoms. The highest BCUT2D eigenvalue weighted by Crippen LogP contribution is 2.36. The van der Waals surface area contributed by atoms with Crippen molar-refractivity contribution in [1.29, 1.82) is 0 Å². The van der Waals surface area contributed by atoms with Gasteiger partial charge in [-0.05, 0) is 41.8 Å². The number of nitrogens with zero attached hydrogens (tertiary/aromatic N) is 2. The molecule has 0 bridgehead atoms. The van der Waals surface area contributed by atoms with Crippen molar-refractivity contribution in [2.45, 2.75) is 12.3 Å². The molecule has 1 aliphatic heterocycles. The van der Waals surface area contributed by atoms with Crippen molar-refractivity contribution in [3.05, 3.63) is 99.4 Å². The molecule has 0 amide bonds. The van der Waals surface area contributed by atoms with E-state index in [0.29, 0.717) is 16.5 Å². The van der Waals surface area contributed by atoms with Gasteiger partial charge in [-0.2, -0.15) is 0 Å². The van der Waals surface area contributed by atoms with Gasteiger partial charge in [-0.25, -0.2) is 9.97 Å². The third kappa shape index (κ3) is 3.36. The average Bonchev–Trinajstić information content (AvgIpc) is 3.06. The highest BCUT2D eigenvalue weighted by Gasteiger charge is 2.23. The molecule has 0 radical (unpaired) electrons. The van der Waals surface area contributed by atoms with Crippen molar-refractivity contribution >= 4 is 28.2 Å². The van der Waals surface area contributed by atoms with E-state index in [1.165, 1.54) is 23.0 Å². The molecule has 0 aliphatic carbocycles. The van der Waals surface area contributed by atoms with Crippen molar-refractivity contribution in [3.8, 4) is 11.3 Å². The number of benzene rings is 3. The number of hydrogen-bond acceptors (Lipinski definition) is 4. The number of para-hydroxylation sites is 1. The number of hydrogen-bond donors (Lipinski definition) is 1. The summed E-state index contributed by atoms with van der Waals surface area (Å²) in [6.45, 7) is 0.905. The Morgan fingerprint density at radius 2 is 1.86 bits per heavy atom. The maximum absolute atomic E-state index is 12.0. The Labute approximate surface area is 173 Å². The van der Waals surface area contributed by atoms with Crippen molar-refractivity contribution in [2.75, 3.05) is 11.9 Å². The third-order valence-electron chi connectivity index (χ3n) is 5.43. The zero-order chi connectivity index (χ0) is 19.8. The van der Waals surface area contributed by atoms with Crippen LogP contribution in [0.3, 0.4) is 0 Å². The lowest BCUT2D eigenvalue weighted by Gasteiger charge is -2.14. The molecule has 142 valence electrons. The summed E-state index contributed by atoms with van der Waals surface area (Å²) in [5.41, 5.74) is 5.68. The predicted octanol–water partition coefficient (Wildman–Crippen LogP) is 5.06. The van der Waals surface area contributed by atoms with E-state index in [1.54, 1.807) is 12.1 Å². The molecule has 0 unspecified atom stereocenters. The number of aromatic nitrogens is 2. The normalized spacial score (nSPS) is 15.1. The van der Waals surface area contributed by atoms with Gasteiger partial charge in [-0.1, -0.05) is 54.1 Å². The Morgan fingerprint density at radius 3 is 2.79 bits per heavy atom. The topological polar surface area (TPSA) is 54.9 Å². The molecule has 0 fully saturated rings. The van der Waals surface area contributed by atoms with Crippen LogP contribution in [0.5, 0.6) is 0 Å². The molecule has 1 N–H and O–H groups in total. The van der Waals surface area contributed by atoms with E-state index in [9.17, 15) is 4.79 Å². The lowest BCUT2D eigenvalue weighted by atomic mass is 9.90. The molecule has 5 rings (SSSR count). The Hall–Kier alpha value is -3.24. The molecule has 4 aromatic rings. The number of halogens is 1. The van der Waals surface area contributed by atoms with Crippen molar-refractivity contribution in [1.82, 2.24) is 9.97 Å². The summed E-state index contributed by atoms with van der Waals surface area (Å²) in [7, 11) is 0. The monoisotopic (exact) mass is 399 g/mol. The minimum atomic E-state index is -0.366. The zero-order valence-electron chi connectivity index (χ0n) is 15.6. The van der Waals surface area contributed by atoms with E-state index < -0.39 is 0 Å². The van der Waals surface area contributed by atoms with Crippen LogP contribution in [-0.2, 0) is 6.42 Å². The molecule has 1 aromatic heterocycles. The third-order valence-corrected chi connectivity index (χ3v) is 5.66. The quantitative estimate of drug-likeness (QED) is 0.523. The van der Waals surface area contributed by atoms with Gasteiger partial charge in [0.1, 0.15) is 0 Å². The maximum Gasteiger partial charge on any atom is 0.288 e. The van der Waals surface area contributed by atoms with Gasteiger partial charge in [0, 0.05) is 34.1 Å². The van der Waals surface area contributed by atoms with Crippen molar-refractivity contribution in [3.63, 3.8) is 0 Å². The second-order valence-corrected chi connectivity index (χ2v) is 7.68. The smallest absolute Gasteiger partial charge is 0.288 e. The Balaban J connectivity index is 1.65. The predicted molar refractivity (Wildman–Crippen MR) is 118 cm³/mol. The van der Waals surface area contributed by atoms with Crippen LogP contribution < -0.4 is 10.9 Å². The molecule has 1 aliphatic rings. The van der Waals surface area contributed by atoms with E-state index >= 15 is 0 Å². The number of fused-ring (bicyclic) bond motifs is 2. The first-order valence-corrected chi connectivity index (χ1v) is 9.94. The fourth-order valence-electron chi connectivity index (χ4n) is 4.08. The van der Waals surface area contributed by atoms with Gasteiger partial charge in [0.05, 0.1) is 17.4 Å². The van der Waals surface area contributed by atoms with Crippen molar-refractivity contribution in [2.24, 2.45) is 0 Å². The minimum absolute atomic E-state index is 0.366. The second-order valence-electron chi connectivity index (χ2n) is 7.24. The first-order valence-electron chi connectivity index (χ1n) is 9.57. The molecule has 4 nitrogen and oxygen atoms in total. The molecule has 3 aromatic carbocycles. The summed E-state index contributed by atoms with van der Waals surface area (Å²) in [5, 5.41) is 4.86. The fourth-order valence-corrected chi connectivity index (χ4v) is 4.25. The molecule has 29 heavy (non-hydrogen) atoms. The van der Waals surface area contributed by atoms with Crippen LogP contribution in [0.4, 0.5) is 5.69 Å². The first kappa shape index (κ1) is 17.8. The highest BCUT2D eigenvalue weighted by molar-refractivity contribution is 6.31. The van der Waals surface area contributed by atoms with Crippen LogP contribution in [0.25, 0.3) is 22.2 Å². The van der Waals surface area contributed by atoms with Gasteiger partial charge in [0.15, 0.2) is 0 Å². The van der Waals surface area contributed by atoms with Gasteiger partial charge in [0.2, 0.25) is 0 Å². The fraction of sp³-hybridized carbons (Fsp3) is 0.125. The standard InChI is InChI=1S/C24H18ClN3O/c25-17-9-10-22-20(12-17)24(27-14-23(29)28-22)19-7-2-1-5-15(19)11-16-13-26-21-8-4-3-6-18(16)21/h1-10,12,14,16,26H,11,13H2/t16-/m0/s1. The molecule has 0 saturated heterocycles. The van der Waals surface area contributed by atoms with E-state index in [-0.39, 0.29) is 5.56 Å². The Bertz CT molecular complexity index is 1290. The number of anilines is 1. The summed E-state index contributed by atoms with van der Waals surface area (Å²) in [4.78, 5) is 20.7. The number of nitrogens with one attached hydrogen (secondary N) is 1. The van der Waals surface area contributed by atoms with E-state index in [2.05, 4.69) is 51.7 Å². The lowest BCUT2D eigenvalue weighted by Crippen LogP contribution is -2.06. The van der Waals surface area contributed by atoms with E-state index in [0.717, 1.165) is 29.6 Å². The molecule has 2 heterocycles. The molecular weight excluding hydrogens is 382 g/mol. The molecule has 1 atom stereocenters. The Kier molecular flexibility index (Phi) is 4.49. The maximum atomic E-state index is 12.0. The minimum Gasteiger partial charge on any atom is -0.384 e. The van der Waals surface area contributed by atoms with Crippen LogP contribution in [0.1, 0.15) is 17.0 Å². The zero-order valence-corrected chi connectivity index (χ0v) is 16.4. The van der Waals surface area contributed by atoms with Crippen LogP contribution >= 0.6 is 11.6 Å². The lowest BCUT2D eigenvalue weighted by molar-refractivity contribution is 0.753. The molecule has 0 spiro atoms. The highest BCUT2D eigenvalue weighted by atomic mass is 35.5. The van der Waals surface area contributed by atoms with Gasteiger partial charge in [-0.15, -0.1) is 0 Å². The summed E-state index contributed by atoms with van der Waals surface area (Å²) in [6, 6.07) is 22.0. The van der Waals surface area contributed by atoms with Crippen LogP contribution in [0.15, 0.2) is 77.7 Å². The van der Waals surface area contributed by atoms with E-state index in [1.807, 2.05) is 18.2 Å². The van der Waals surface area contributed by atoms with Crippen molar-refractivity contribution < 1.29 is 0 Å². The van der Waals surface area contributed by atoms with Gasteiger partial charge in [0.25, 0.3) is 5.56 Å². The second kappa shape index (κ2) is 7.30. The largest absolute Gasteiger partial charge is 0.384 e. The summed E-state index contributed by atoms with van der Waals surface area (Å²) < 4.78 is 0. The summed E-state index contributed by atoms with van der Waals surface area (Å²) in [5.74, 6) is 0.382. The number of rotatable bonds is 3. The van der Waals surface area contributed by atoms with Crippen LogP contribution in [0.2, 0.25) is 5.02 Å². The average molecular weight is 400 g/mol. The first-order chi connectivity index (χ1) is 14.2. The SMILES string of the molecule is O=c1cnc(-c2ccccc2C[C@H]2CNc3ccccc32)c2cc(Cl)ccc2n1. The Morgan fingerprint density at radius 1 is 1.03 bits per heavy atom. The van der Waals surface area contributed by atoms with Crippen LogP contribution in [0, 0.1) is 0 Å². The molecule has 0 saturated carbocycles. The molecular formula is C24H18ClN3O.